The van der Waals surface area contributed by atoms with Gasteiger partial charge in [0.25, 0.3) is 5.91 Å². The van der Waals surface area contributed by atoms with Crippen LogP contribution in [0.25, 0.3) is 5.69 Å². The zero-order valence-electron chi connectivity index (χ0n) is 10.9. The number of nitrogens with two attached hydrogens (primary N) is 1. The molecule has 1 fully saturated rings. The molecule has 2 heterocycles. The van der Waals surface area contributed by atoms with E-state index >= 15 is 0 Å². The summed E-state index contributed by atoms with van der Waals surface area (Å²) in [5, 5.41) is 13.8. The minimum absolute atomic E-state index is 0.149. The van der Waals surface area contributed by atoms with Crippen molar-refractivity contribution >= 4 is 11.6 Å². The van der Waals surface area contributed by atoms with Crippen LogP contribution in [0.2, 0.25) is 0 Å². The number of carbonyl (C=O) groups excluding carboxylic acids is 1. The molecule has 1 aromatic carbocycles. The third kappa shape index (κ3) is 2.37. The Balaban J connectivity index is 1.81. The number of β-amino-alcohol motifs (C(OH)–C–C–N with tert-alkyl or cyclic N) is 1. The lowest BCUT2D eigenvalue weighted by atomic mass is 10.3. The Morgan fingerprint density at radius 3 is 2.95 bits per heavy atom. The Bertz CT molecular complexity index is 638. The summed E-state index contributed by atoms with van der Waals surface area (Å²) in [7, 11) is 0. The molecule has 3 rings (SSSR count). The molecule has 1 aliphatic heterocycles. The van der Waals surface area contributed by atoms with Gasteiger partial charge in [0.05, 0.1) is 11.8 Å². The van der Waals surface area contributed by atoms with E-state index in [4.69, 9.17) is 5.73 Å². The van der Waals surface area contributed by atoms with Gasteiger partial charge in [-0.25, -0.2) is 4.68 Å². The van der Waals surface area contributed by atoms with Crippen molar-refractivity contribution in [2.45, 2.75) is 12.5 Å². The fraction of sp³-hybridized carbons (Fsp3) is 0.286. The van der Waals surface area contributed by atoms with Crippen molar-refractivity contribution in [2.75, 3.05) is 18.8 Å². The number of hydrogen-bond donors (Lipinski definition) is 2. The molecule has 0 bridgehead atoms. The molecule has 2 aromatic rings. The summed E-state index contributed by atoms with van der Waals surface area (Å²) in [6, 6.07) is 8.98. The first-order valence-corrected chi connectivity index (χ1v) is 6.52. The van der Waals surface area contributed by atoms with Crippen LogP contribution in [0.5, 0.6) is 0 Å². The van der Waals surface area contributed by atoms with E-state index in [-0.39, 0.29) is 5.91 Å². The lowest BCUT2D eigenvalue weighted by molar-refractivity contribution is 0.0759. The molecule has 20 heavy (non-hydrogen) atoms. The quantitative estimate of drug-likeness (QED) is 0.787. The van der Waals surface area contributed by atoms with Gasteiger partial charge in [-0.2, -0.15) is 5.10 Å². The number of likely N-dealkylation sites (tertiary alicyclic amines) is 1. The molecule has 1 aromatic heterocycles. The molecule has 1 atom stereocenters. The molecule has 0 saturated carbocycles. The van der Waals surface area contributed by atoms with Gasteiger partial charge < -0.3 is 15.7 Å². The molecule has 1 saturated heterocycles. The van der Waals surface area contributed by atoms with Crippen LogP contribution >= 0.6 is 0 Å². The van der Waals surface area contributed by atoms with Crippen LogP contribution in [0, 0.1) is 0 Å². The minimum Gasteiger partial charge on any atom is -0.399 e. The van der Waals surface area contributed by atoms with Gasteiger partial charge in [-0.15, -0.1) is 0 Å². The molecule has 1 aliphatic rings. The van der Waals surface area contributed by atoms with Gasteiger partial charge in [-0.3, -0.25) is 4.79 Å². The van der Waals surface area contributed by atoms with Crippen molar-refractivity contribution in [3.05, 3.63) is 42.2 Å². The maximum absolute atomic E-state index is 12.2. The summed E-state index contributed by atoms with van der Waals surface area (Å²) in [6.45, 7) is 0.953. The van der Waals surface area contributed by atoms with Gasteiger partial charge in [0.2, 0.25) is 0 Å². The number of nitrogens with zero attached hydrogens (tertiary/aromatic N) is 3. The molecule has 0 radical (unpaired) electrons. The summed E-state index contributed by atoms with van der Waals surface area (Å²) in [5.74, 6) is -0.149. The molecule has 1 amide bonds. The Kier molecular flexibility index (Phi) is 3.15. The van der Waals surface area contributed by atoms with E-state index in [9.17, 15) is 9.90 Å². The molecule has 0 spiro atoms. The Morgan fingerprint density at radius 2 is 2.25 bits per heavy atom. The summed E-state index contributed by atoms with van der Waals surface area (Å²) in [5.41, 5.74) is 7.57. The highest BCUT2D eigenvalue weighted by molar-refractivity contribution is 5.92. The second-order valence-corrected chi connectivity index (χ2v) is 4.93. The molecular weight excluding hydrogens is 256 g/mol. The summed E-state index contributed by atoms with van der Waals surface area (Å²) >= 11 is 0. The smallest absolute Gasteiger partial charge is 0.274 e. The normalized spacial score (nSPS) is 18.4. The Labute approximate surface area is 116 Å². The fourth-order valence-electron chi connectivity index (χ4n) is 2.34. The standard InChI is InChI=1S/C14H16N4O2/c15-10-2-1-3-11(8-10)18-7-5-13(16-18)14(20)17-6-4-12(19)9-17/h1-3,5,7-8,12,19H,4,6,9,15H2/t12-/m0/s1. The number of carbonyl (C=O) groups is 1. The van der Waals surface area contributed by atoms with Crippen LogP contribution in [0.1, 0.15) is 16.9 Å². The minimum atomic E-state index is -0.421. The van der Waals surface area contributed by atoms with Crippen LogP contribution in [-0.4, -0.2) is 44.9 Å². The third-order valence-electron chi connectivity index (χ3n) is 3.39. The first-order chi connectivity index (χ1) is 9.63. The van der Waals surface area contributed by atoms with Crippen LogP contribution in [0.3, 0.4) is 0 Å². The lowest BCUT2D eigenvalue weighted by Crippen LogP contribution is -2.29. The predicted octanol–water partition coefficient (Wildman–Crippen LogP) is 0.661. The predicted molar refractivity (Wildman–Crippen MR) is 74.5 cm³/mol. The molecule has 0 unspecified atom stereocenters. The van der Waals surface area contributed by atoms with E-state index in [0.717, 1.165) is 5.69 Å². The lowest BCUT2D eigenvalue weighted by Gasteiger charge is -2.13. The van der Waals surface area contributed by atoms with Crippen molar-refractivity contribution in [2.24, 2.45) is 0 Å². The molecule has 6 nitrogen and oxygen atoms in total. The maximum Gasteiger partial charge on any atom is 0.274 e. The highest BCUT2D eigenvalue weighted by Gasteiger charge is 2.26. The zero-order valence-corrected chi connectivity index (χ0v) is 10.9. The van der Waals surface area contributed by atoms with E-state index in [2.05, 4.69) is 5.10 Å². The van der Waals surface area contributed by atoms with E-state index in [1.807, 2.05) is 12.1 Å². The molecule has 6 heteroatoms. The Morgan fingerprint density at radius 1 is 1.40 bits per heavy atom. The van der Waals surface area contributed by atoms with Gasteiger partial charge >= 0.3 is 0 Å². The second-order valence-electron chi connectivity index (χ2n) is 4.93. The number of anilines is 1. The van der Waals surface area contributed by atoms with Crippen LogP contribution in [0.15, 0.2) is 36.5 Å². The van der Waals surface area contributed by atoms with E-state index < -0.39 is 6.10 Å². The van der Waals surface area contributed by atoms with Crippen molar-refractivity contribution in [1.29, 1.82) is 0 Å². The second kappa shape index (κ2) is 4.97. The van der Waals surface area contributed by atoms with Crippen molar-refractivity contribution in [1.82, 2.24) is 14.7 Å². The fourth-order valence-corrected chi connectivity index (χ4v) is 2.34. The number of aromatic nitrogens is 2. The maximum atomic E-state index is 12.2. The Hall–Kier alpha value is -2.34. The SMILES string of the molecule is Nc1cccc(-n2ccc(C(=O)N3CC[C@H](O)C3)n2)c1. The average Bonchev–Trinajstić information content (AvgIpc) is 3.07. The summed E-state index contributed by atoms with van der Waals surface area (Å²) in [4.78, 5) is 13.8. The third-order valence-corrected chi connectivity index (χ3v) is 3.39. The number of rotatable bonds is 2. The van der Waals surface area contributed by atoms with E-state index in [1.165, 1.54) is 0 Å². The summed E-state index contributed by atoms with van der Waals surface area (Å²) < 4.78 is 1.62. The highest BCUT2D eigenvalue weighted by atomic mass is 16.3. The number of amides is 1. The van der Waals surface area contributed by atoms with Gasteiger partial charge in [-0.1, -0.05) is 6.07 Å². The first kappa shape index (κ1) is 12.7. The molecule has 104 valence electrons. The van der Waals surface area contributed by atoms with Gasteiger partial charge in [0, 0.05) is 25.0 Å². The van der Waals surface area contributed by atoms with Crippen molar-refractivity contribution in [3.63, 3.8) is 0 Å². The molecular formula is C14H16N4O2. The average molecular weight is 272 g/mol. The monoisotopic (exact) mass is 272 g/mol. The number of nitrogen functional groups attached to an aromatic ring is 1. The first-order valence-electron chi connectivity index (χ1n) is 6.52. The van der Waals surface area contributed by atoms with E-state index in [0.29, 0.717) is 30.9 Å². The van der Waals surface area contributed by atoms with Gasteiger partial charge in [0.15, 0.2) is 5.69 Å². The van der Waals surface area contributed by atoms with Crippen molar-refractivity contribution in [3.8, 4) is 5.69 Å². The van der Waals surface area contributed by atoms with Crippen LogP contribution in [-0.2, 0) is 0 Å². The number of hydrogen-bond acceptors (Lipinski definition) is 4. The number of benzene rings is 1. The molecule has 3 N–H and O–H groups in total. The van der Waals surface area contributed by atoms with Crippen molar-refractivity contribution < 1.29 is 9.90 Å². The van der Waals surface area contributed by atoms with Crippen LogP contribution < -0.4 is 5.73 Å². The molecule has 0 aliphatic carbocycles. The number of aliphatic hydroxyl groups excluding tert-OH is 1. The van der Waals surface area contributed by atoms with E-state index in [1.54, 1.807) is 34.0 Å². The zero-order chi connectivity index (χ0) is 14.1. The topological polar surface area (TPSA) is 84.4 Å². The summed E-state index contributed by atoms with van der Waals surface area (Å²) in [6.07, 6.45) is 1.94. The van der Waals surface area contributed by atoms with Crippen LogP contribution in [0.4, 0.5) is 5.69 Å². The number of aliphatic hydroxyl groups is 1. The highest BCUT2D eigenvalue weighted by Crippen LogP contribution is 2.15. The van der Waals surface area contributed by atoms with Gasteiger partial charge in [0.1, 0.15) is 0 Å². The van der Waals surface area contributed by atoms with Gasteiger partial charge in [-0.05, 0) is 30.7 Å². The largest absolute Gasteiger partial charge is 0.399 e.